The van der Waals surface area contributed by atoms with Crippen molar-refractivity contribution in [3.63, 3.8) is 0 Å². The summed E-state index contributed by atoms with van der Waals surface area (Å²) in [7, 11) is 0. The summed E-state index contributed by atoms with van der Waals surface area (Å²) in [4.78, 5) is 6.15. The van der Waals surface area contributed by atoms with E-state index in [0.29, 0.717) is 6.04 Å². The Bertz CT molecular complexity index is 423. The van der Waals surface area contributed by atoms with Crippen LogP contribution in [0.2, 0.25) is 0 Å². The van der Waals surface area contributed by atoms with Crippen molar-refractivity contribution in [2.75, 3.05) is 13.1 Å². The summed E-state index contributed by atoms with van der Waals surface area (Å²) >= 11 is 1.81. The highest BCUT2D eigenvalue weighted by molar-refractivity contribution is 7.10. The van der Waals surface area contributed by atoms with Crippen LogP contribution in [0.4, 0.5) is 0 Å². The predicted octanol–water partition coefficient (Wildman–Crippen LogP) is 2.99. The first-order valence-corrected chi connectivity index (χ1v) is 7.99. The van der Waals surface area contributed by atoms with Crippen molar-refractivity contribution in [2.24, 2.45) is 10.9 Å². The number of hydrogen-bond acceptors (Lipinski definition) is 2. The highest BCUT2D eigenvalue weighted by Gasteiger charge is 2.33. The Labute approximate surface area is 120 Å². The maximum atomic E-state index is 4.76. The minimum atomic E-state index is 0.103. The molecule has 2 atom stereocenters. The maximum absolute atomic E-state index is 4.76. The minimum absolute atomic E-state index is 0.103. The van der Waals surface area contributed by atoms with E-state index in [4.69, 9.17) is 4.99 Å². The summed E-state index contributed by atoms with van der Waals surface area (Å²) in [6, 6.07) is 4.92. The van der Waals surface area contributed by atoms with Crippen LogP contribution in [0.1, 0.15) is 39.0 Å². The number of aliphatic imine (C=N–C) groups is 1. The van der Waals surface area contributed by atoms with Crippen LogP contribution >= 0.6 is 11.3 Å². The van der Waals surface area contributed by atoms with Gasteiger partial charge < -0.3 is 10.6 Å². The quantitative estimate of drug-likeness (QED) is 0.642. The molecule has 4 heteroatoms. The summed E-state index contributed by atoms with van der Waals surface area (Å²) in [5, 5.41) is 8.97. The van der Waals surface area contributed by atoms with E-state index in [0.717, 1.165) is 25.0 Å². The highest BCUT2D eigenvalue weighted by atomic mass is 32.1. The molecule has 1 aliphatic rings. The average molecular weight is 279 g/mol. The molecule has 3 nitrogen and oxygen atoms in total. The Morgan fingerprint density at radius 3 is 2.79 bits per heavy atom. The van der Waals surface area contributed by atoms with Gasteiger partial charge in [-0.2, -0.15) is 0 Å². The van der Waals surface area contributed by atoms with E-state index in [9.17, 15) is 0 Å². The Balaban J connectivity index is 1.96. The summed E-state index contributed by atoms with van der Waals surface area (Å²) in [5.41, 5.74) is 0.103. The summed E-state index contributed by atoms with van der Waals surface area (Å²) in [6.45, 7) is 10.6. The first-order chi connectivity index (χ1) is 9.03. The second-order valence-corrected chi connectivity index (χ2v) is 6.97. The Kier molecular flexibility index (Phi) is 4.50. The fourth-order valence-corrected chi connectivity index (χ4v) is 2.88. The summed E-state index contributed by atoms with van der Waals surface area (Å²) in [6.07, 6.45) is 1.26. The van der Waals surface area contributed by atoms with Gasteiger partial charge in [0, 0.05) is 22.9 Å². The van der Waals surface area contributed by atoms with E-state index in [1.165, 1.54) is 11.3 Å². The van der Waals surface area contributed by atoms with Gasteiger partial charge in [0.2, 0.25) is 0 Å². The molecule has 1 heterocycles. The Morgan fingerprint density at radius 2 is 2.26 bits per heavy atom. The standard InChI is InChI=1S/C15H25N3S/c1-5-16-14(18-12-9-11(12)2)17-10-15(3,4)13-7-6-8-19-13/h6-8,11-12H,5,9-10H2,1-4H3,(H2,16,17,18). The normalized spacial score (nSPS) is 23.3. The van der Waals surface area contributed by atoms with Gasteiger partial charge in [-0.05, 0) is 30.7 Å². The molecule has 1 saturated carbocycles. The first kappa shape index (κ1) is 14.4. The van der Waals surface area contributed by atoms with Crippen molar-refractivity contribution >= 4 is 17.3 Å². The molecule has 106 valence electrons. The third-order valence-corrected chi connectivity index (χ3v) is 4.83. The number of nitrogens with one attached hydrogen (secondary N) is 2. The lowest BCUT2D eigenvalue weighted by Gasteiger charge is -2.21. The molecule has 0 radical (unpaired) electrons. The van der Waals surface area contributed by atoms with Crippen LogP contribution in [0.15, 0.2) is 22.5 Å². The molecule has 0 bridgehead atoms. The fourth-order valence-electron chi connectivity index (χ4n) is 2.04. The van der Waals surface area contributed by atoms with Crippen LogP contribution < -0.4 is 10.6 Å². The molecule has 2 unspecified atom stereocenters. The van der Waals surface area contributed by atoms with Crippen molar-refractivity contribution in [3.8, 4) is 0 Å². The Morgan fingerprint density at radius 1 is 1.53 bits per heavy atom. The molecule has 2 rings (SSSR count). The lowest BCUT2D eigenvalue weighted by molar-refractivity contribution is 0.548. The lowest BCUT2D eigenvalue weighted by atomic mass is 9.92. The van der Waals surface area contributed by atoms with Gasteiger partial charge >= 0.3 is 0 Å². The summed E-state index contributed by atoms with van der Waals surface area (Å²) < 4.78 is 0. The molecule has 1 fully saturated rings. The molecule has 0 aromatic carbocycles. The number of guanidine groups is 1. The minimum Gasteiger partial charge on any atom is -0.357 e. The molecule has 2 N–H and O–H groups in total. The molecule has 1 aromatic rings. The second kappa shape index (κ2) is 5.95. The van der Waals surface area contributed by atoms with Crippen LogP contribution in [-0.4, -0.2) is 25.1 Å². The van der Waals surface area contributed by atoms with E-state index in [2.05, 4.69) is 55.8 Å². The largest absolute Gasteiger partial charge is 0.357 e. The van der Waals surface area contributed by atoms with Gasteiger partial charge in [-0.1, -0.05) is 26.8 Å². The van der Waals surface area contributed by atoms with E-state index in [1.54, 1.807) is 0 Å². The van der Waals surface area contributed by atoms with Gasteiger partial charge in [-0.15, -0.1) is 11.3 Å². The monoisotopic (exact) mass is 279 g/mol. The summed E-state index contributed by atoms with van der Waals surface area (Å²) in [5.74, 6) is 1.75. The molecule has 1 aromatic heterocycles. The molecule has 0 amide bonds. The van der Waals surface area contributed by atoms with Crippen LogP contribution in [0.3, 0.4) is 0 Å². The fraction of sp³-hybridized carbons (Fsp3) is 0.667. The van der Waals surface area contributed by atoms with Gasteiger partial charge in [0.15, 0.2) is 5.96 Å². The van der Waals surface area contributed by atoms with E-state index in [1.807, 2.05) is 11.3 Å². The zero-order valence-corrected chi connectivity index (χ0v) is 13.2. The van der Waals surface area contributed by atoms with Gasteiger partial charge in [0.05, 0.1) is 6.54 Å². The van der Waals surface area contributed by atoms with Gasteiger partial charge in [0.1, 0.15) is 0 Å². The molecule has 1 aliphatic carbocycles. The number of rotatable bonds is 5. The van der Waals surface area contributed by atoms with Gasteiger partial charge in [-0.3, -0.25) is 4.99 Å². The molecule has 0 saturated heterocycles. The first-order valence-electron chi connectivity index (χ1n) is 7.12. The zero-order valence-electron chi connectivity index (χ0n) is 12.4. The van der Waals surface area contributed by atoms with Crippen molar-refractivity contribution < 1.29 is 0 Å². The number of nitrogens with zero attached hydrogens (tertiary/aromatic N) is 1. The van der Waals surface area contributed by atoms with E-state index >= 15 is 0 Å². The van der Waals surface area contributed by atoms with Crippen molar-refractivity contribution in [1.82, 2.24) is 10.6 Å². The van der Waals surface area contributed by atoms with Crippen LogP contribution in [0, 0.1) is 5.92 Å². The topological polar surface area (TPSA) is 36.4 Å². The molecule has 19 heavy (non-hydrogen) atoms. The Hall–Kier alpha value is -1.03. The maximum Gasteiger partial charge on any atom is 0.191 e. The van der Waals surface area contributed by atoms with Crippen molar-refractivity contribution in [2.45, 2.75) is 45.6 Å². The smallest absolute Gasteiger partial charge is 0.191 e. The molecule has 0 aliphatic heterocycles. The average Bonchev–Trinajstić information content (AvgIpc) is 2.86. The third kappa shape index (κ3) is 3.96. The van der Waals surface area contributed by atoms with Crippen LogP contribution in [0.5, 0.6) is 0 Å². The third-order valence-electron chi connectivity index (χ3n) is 3.60. The number of thiophene rings is 1. The highest BCUT2D eigenvalue weighted by Crippen LogP contribution is 2.29. The molecule has 0 spiro atoms. The van der Waals surface area contributed by atoms with Crippen LogP contribution in [-0.2, 0) is 5.41 Å². The van der Waals surface area contributed by atoms with Crippen LogP contribution in [0.25, 0.3) is 0 Å². The van der Waals surface area contributed by atoms with Gasteiger partial charge in [-0.25, -0.2) is 0 Å². The second-order valence-electron chi connectivity index (χ2n) is 6.02. The zero-order chi connectivity index (χ0) is 13.9. The number of hydrogen-bond donors (Lipinski definition) is 2. The molecular formula is C15H25N3S. The van der Waals surface area contributed by atoms with Crippen molar-refractivity contribution in [1.29, 1.82) is 0 Å². The van der Waals surface area contributed by atoms with Gasteiger partial charge in [0.25, 0.3) is 0 Å². The molecular weight excluding hydrogens is 254 g/mol. The lowest BCUT2D eigenvalue weighted by Crippen LogP contribution is -2.40. The van der Waals surface area contributed by atoms with Crippen molar-refractivity contribution in [3.05, 3.63) is 22.4 Å². The SMILES string of the molecule is CCNC(=NCC(C)(C)c1cccs1)NC1CC1C. The van der Waals surface area contributed by atoms with E-state index < -0.39 is 0 Å². The predicted molar refractivity (Wildman–Crippen MR) is 84.0 cm³/mol. The van der Waals surface area contributed by atoms with E-state index in [-0.39, 0.29) is 5.41 Å².